The molecule has 1 rings (SSSR count). The maximum Gasteiger partial charge on any atom is -0.00232 e. The lowest BCUT2D eigenvalue weighted by atomic mass is 9.86. The van der Waals surface area contributed by atoms with E-state index in [4.69, 9.17) is 0 Å². The Morgan fingerprint density at radius 3 is 2.79 bits per heavy atom. The molecule has 0 fully saturated rings. The van der Waals surface area contributed by atoms with E-state index in [9.17, 15) is 0 Å². The van der Waals surface area contributed by atoms with Gasteiger partial charge in [0.2, 0.25) is 0 Å². The van der Waals surface area contributed by atoms with Gasteiger partial charge < -0.3 is 0 Å². The molecule has 0 saturated carbocycles. The number of rotatable bonds is 5. The van der Waals surface area contributed by atoms with Crippen LogP contribution in [-0.2, 0) is 0 Å². The van der Waals surface area contributed by atoms with E-state index in [-0.39, 0.29) is 0 Å². The minimum absolute atomic E-state index is 0.773. The molecule has 0 saturated heterocycles. The number of hydrogen-bond acceptors (Lipinski definition) is 0. The molecule has 0 N–H and O–H groups in total. The SMILES string of the molecule is CCC/C=C(\CCC)C1C=CCCC1. The average molecular weight is 192 g/mol. The highest BCUT2D eigenvalue weighted by molar-refractivity contribution is 5.15. The largest absolute Gasteiger partial charge is 0.0879 e. The first-order valence-electron chi connectivity index (χ1n) is 6.24. The summed E-state index contributed by atoms with van der Waals surface area (Å²) in [4.78, 5) is 0. The smallest absolute Gasteiger partial charge is 0.00232 e. The molecule has 0 nitrogen and oxygen atoms in total. The first kappa shape index (κ1) is 11.6. The van der Waals surface area contributed by atoms with E-state index < -0.39 is 0 Å². The normalized spacial score (nSPS) is 22.7. The van der Waals surface area contributed by atoms with Crippen molar-refractivity contribution in [2.24, 2.45) is 5.92 Å². The van der Waals surface area contributed by atoms with Crippen molar-refractivity contribution in [3.05, 3.63) is 23.8 Å². The zero-order chi connectivity index (χ0) is 10.2. The molecule has 1 unspecified atom stereocenters. The molecule has 0 aliphatic heterocycles. The van der Waals surface area contributed by atoms with Gasteiger partial charge in [-0.1, -0.05) is 50.5 Å². The maximum absolute atomic E-state index is 2.49. The molecule has 14 heavy (non-hydrogen) atoms. The quantitative estimate of drug-likeness (QED) is 0.545. The molecular weight excluding hydrogens is 168 g/mol. The highest BCUT2D eigenvalue weighted by atomic mass is 14.2. The lowest BCUT2D eigenvalue weighted by Gasteiger charge is -2.19. The summed E-state index contributed by atoms with van der Waals surface area (Å²) in [5.74, 6) is 0.773. The van der Waals surface area contributed by atoms with E-state index in [2.05, 4.69) is 32.1 Å². The van der Waals surface area contributed by atoms with Crippen molar-refractivity contribution < 1.29 is 0 Å². The molecule has 0 aromatic rings. The molecule has 0 amide bonds. The summed E-state index contributed by atoms with van der Waals surface area (Å²) in [5, 5.41) is 0. The van der Waals surface area contributed by atoms with Gasteiger partial charge in [0.05, 0.1) is 0 Å². The van der Waals surface area contributed by atoms with Gasteiger partial charge in [-0.2, -0.15) is 0 Å². The van der Waals surface area contributed by atoms with Gasteiger partial charge in [-0.05, 0) is 38.0 Å². The van der Waals surface area contributed by atoms with Crippen LogP contribution in [0.2, 0.25) is 0 Å². The molecule has 0 radical (unpaired) electrons. The summed E-state index contributed by atoms with van der Waals surface area (Å²) in [6, 6.07) is 0. The van der Waals surface area contributed by atoms with Gasteiger partial charge in [-0.3, -0.25) is 0 Å². The van der Waals surface area contributed by atoms with E-state index in [1.54, 1.807) is 5.57 Å². The molecule has 80 valence electrons. The Hall–Kier alpha value is -0.520. The molecule has 1 aliphatic carbocycles. The number of allylic oxidation sites excluding steroid dienone is 4. The Labute approximate surface area is 89.1 Å². The summed E-state index contributed by atoms with van der Waals surface area (Å²) >= 11 is 0. The Kier molecular flexibility index (Phi) is 5.66. The van der Waals surface area contributed by atoms with Crippen molar-refractivity contribution in [1.29, 1.82) is 0 Å². The molecule has 0 heteroatoms. The van der Waals surface area contributed by atoms with Crippen LogP contribution in [0.1, 0.15) is 58.8 Å². The van der Waals surface area contributed by atoms with Crippen molar-refractivity contribution in [2.45, 2.75) is 58.8 Å². The van der Waals surface area contributed by atoms with Crippen LogP contribution < -0.4 is 0 Å². The second kappa shape index (κ2) is 6.86. The van der Waals surface area contributed by atoms with Gasteiger partial charge >= 0.3 is 0 Å². The fourth-order valence-corrected chi connectivity index (χ4v) is 2.18. The second-order valence-corrected chi connectivity index (χ2v) is 4.28. The van der Waals surface area contributed by atoms with Gasteiger partial charge in [0.25, 0.3) is 0 Å². The summed E-state index contributed by atoms with van der Waals surface area (Å²) in [5.41, 5.74) is 1.70. The molecule has 0 aromatic carbocycles. The van der Waals surface area contributed by atoms with Crippen LogP contribution in [0.5, 0.6) is 0 Å². The van der Waals surface area contributed by atoms with E-state index in [1.807, 2.05) is 0 Å². The van der Waals surface area contributed by atoms with Crippen molar-refractivity contribution >= 4 is 0 Å². The molecule has 1 atom stereocenters. The van der Waals surface area contributed by atoms with Gasteiger partial charge in [0.15, 0.2) is 0 Å². The third kappa shape index (κ3) is 3.69. The van der Waals surface area contributed by atoms with Crippen LogP contribution in [0, 0.1) is 5.92 Å². The van der Waals surface area contributed by atoms with Gasteiger partial charge in [0, 0.05) is 0 Å². The Balaban J connectivity index is 2.55. The monoisotopic (exact) mass is 192 g/mol. The van der Waals surface area contributed by atoms with Gasteiger partial charge in [-0.25, -0.2) is 0 Å². The van der Waals surface area contributed by atoms with E-state index in [1.165, 1.54) is 44.9 Å². The minimum Gasteiger partial charge on any atom is -0.0879 e. The zero-order valence-electron chi connectivity index (χ0n) is 9.76. The molecular formula is C14H24. The predicted octanol–water partition coefficient (Wildman–Crippen LogP) is 4.87. The van der Waals surface area contributed by atoms with Gasteiger partial charge in [-0.15, -0.1) is 0 Å². The molecule has 0 spiro atoms. The topological polar surface area (TPSA) is 0 Å². The van der Waals surface area contributed by atoms with E-state index >= 15 is 0 Å². The zero-order valence-corrected chi connectivity index (χ0v) is 9.76. The Morgan fingerprint density at radius 1 is 1.36 bits per heavy atom. The lowest BCUT2D eigenvalue weighted by molar-refractivity contribution is 0.580. The predicted molar refractivity (Wildman–Crippen MR) is 64.4 cm³/mol. The van der Waals surface area contributed by atoms with Crippen LogP contribution in [0.4, 0.5) is 0 Å². The lowest BCUT2D eigenvalue weighted by Crippen LogP contribution is -2.04. The van der Waals surface area contributed by atoms with Crippen molar-refractivity contribution in [1.82, 2.24) is 0 Å². The Bertz CT molecular complexity index is 198. The highest BCUT2D eigenvalue weighted by Crippen LogP contribution is 2.27. The number of hydrogen-bond donors (Lipinski definition) is 0. The van der Waals surface area contributed by atoms with Crippen LogP contribution in [0.3, 0.4) is 0 Å². The van der Waals surface area contributed by atoms with Crippen molar-refractivity contribution in [3.63, 3.8) is 0 Å². The summed E-state index contributed by atoms with van der Waals surface area (Å²) < 4.78 is 0. The van der Waals surface area contributed by atoms with E-state index in [0.717, 1.165) is 5.92 Å². The van der Waals surface area contributed by atoms with Crippen LogP contribution in [0.15, 0.2) is 23.8 Å². The standard InChI is InChI=1S/C14H24/c1-3-5-10-13(9-4-2)14-11-7-6-8-12-14/h7,10-11,14H,3-6,8-9,12H2,1-2H3/b13-10+. The molecule has 0 aromatic heterocycles. The minimum atomic E-state index is 0.773. The third-order valence-corrected chi connectivity index (χ3v) is 2.96. The van der Waals surface area contributed by atoms with Crippen LogP contribution in [0.25, 0.3) is 0 Å². The van der Waals surface area contributed by atoms with Crippen LogP contribution in [-0.4, -0.2) is 0 Å². The summed E-state index contributed by atoms with van der Waals surface area (Å²) in [6.45, 7) is 4.54. The molecule has 0 bridgehead atoms. The van der Waals surface area contributed by atoms with Gasteiger partial charge in [0.1, 0.15) is 0 Å². The fraction of sp³-hybridized carbons (Fsp3) is 0.714. The summed E-state index contributed by atoms with van der Waals surface area (Å²) in [7, 11) is 0. The average Bonchev–Trinajstić information content (AvgIpc) is 2.25. The Morgan fingerprint density at radius 2 is 2.21 bits per heavy atom. The summed E-state index contributed by atoms with van der Waals surface area (Å²) in [6.07, 6.45) is 16.5. The van der Waals surface area contributed by atoms with E-state index in [0.29, 0.717) is 0 Å². The highest BCUT2D eigenvalue weighted by Gasteiger charge is 2.12. The van der Waals surface area contributed by atoms with Crippen molar-refractivity contribution in [3.8, 4) is 0 Å². The molecule has 0 heterocycles. The van der Waals surface area contributed by atoms with Crippen molar-refractivity contribution in [2.75, 3.05) is 0 Å². The molecule has 1 aliphatic rings. The first-order valence-corrected chi connectivity index (χ1v) is 6.24. The van der Waals surface area contributed by atoms with Crippen LogP contribution >= 0.6 is 0 Å². The first-order chi connectivity index (χ1) is 6.88. The maximum atomic E-state index is 2.49. The number of unbranched alkanes of at least 4 members (excludes halogenated alkanes) is 1. The third-order valence-electron chi connectivity index (χ3n) is 2.96. The second-order valence-electron chi connectivity index (χ2n) is 4.28. The fourth-order valence-electron chi connectivity index (χ4n) is 2.18.